The Balaban J connectivity index is 1.21. The summed E-state index contributed by atoms with van der Waals surface area (Å²) in [6, 6.07) is 6.48. The molecule has 2 N–H and O–H groups in total. The Morgan fingerprint density at radius 3 is 2.75 bits per heavy atom. The van der Waals surface area contributed by atoms with Crippen LogP contribution in [0.2, 0.25) is 0 Å². The first-order valence-corrected chi connectivity index (χ1v) is 19.1. The van der Waals surface area contributed by atoms with Gasteiger partial charge in [0.25, 0.3) is 0 Å². The van der Waals surface area contributed by atoms with Gasteiger partial charge < -0.3 is 24.8 Å². The Hall–Kier alpha value is -4.27. The van der Waals surface area contributed by atoms with Crippen LogP contribution >= 0.6 is 0 Å². The minimum absolute atomic E-state index is 0.0864. The number of likely N-dealkylation sites (N-methyl/N-ethyl adjacent to an activating group) is 1. The summed E-state index contributed by atoms with van der Waals surface area (Å²) in [4.78, 5) is 26.8. The average Bonchev–Trinajstić information content (AvgIpc) is 3.76. The summed E-state index contributed by atoms with van der Waals surface area (Å²) in [7, 11) is 1.84. The maximum Gasteiger partial charge on any atom is 0.318 e. The number of hydrogen-bond acceptors (Lipinski definition) is 8. The molecule has 0 unspecified atom stereocenters. The number of fused-ring (bicyclic) bond motifs is 2. The number of nitrogens with one attached hydrogen (secondary N) is 1. The Kier molecular flexibility index (Phi) is 10.6. The number of carbonyl (C=O) groups excluding carboxylic acids is 1. The van der Waals surface area contributed by atoms with Crippen LogP contribution in [0.25, 0.3) is 10.8 Å². The van der Waals surface area contributed by atoms with Crippen LogP contribution in [0.15, 0.2) is 36.9 Å². The van der Waals surface area contributed by atoms with Crippen molar-refractivity contribution in [3.05, 3.63) is 65.1 Å². The van der Waals surface area contributed by atoms with Crippen molar-refractivity contribution in [2.24, 2.45) is 5.92 Å². The number of phenolic OH excluding ortho intramolecular Hbond substituents is 1. The lowest BCUT2D eigenvalue weighted by atomic mass is 9.79. The van der Waals surface area contributed by atoms with E-state index in [1.54, 1.807) is 23.1 Å². The molecule has 3 fully saturated rings. The second-order valence-corrected chi connectivity index (χ2v) is 15.9. The van der Waals surface area contributed by atoms with Gasteiger partial charge in [0, 0.05) is 57.3 Å². The highest BCUT2D eigenvalue weighted by atomic mass is 19.1. The van der Waals surface area contributed by atoms with Gasteiger partial charge in [-0.2, -0.15) is 9.97 Å². The minimum Gasteiger partial charge on any atom is -0.508 e. The van der Waals surface area contributed by atoms with Crippen LogP contribution in [-0.4, -0.2) is 94.5 Å². The fraction of sp³-hybridized carbons (Fsp3) is 0.548. The molecule has 53 heavy (non-hydrogen) atoms. The summed E-state index contributed by atoms with van der Waals surface area (Å²) in [6.45, 7) is 9.13. The molecule has 1 amide bonds. The standard InChI is InChI=1S/C42H51F2N5O4/c1-5-32-35(44)12-10-29-19-31(50)21-34(38(29)32)28-9-11-33-36(20-28)46-40(47-39(33)45-25-42(15-7-8-16-42)48(4)37(51)6-2)53-26-41(3)22-30(43)24-49(41)23-27-13-17-52-18-14-27/h1,6,10,12,19,21,27-28,30,50H,2,7-9,11,13-18,20,22-26H2,3-4H3,(H,45,46,47)/t28-,30+,41-/m0/s1. The van der Waals surface area contributed by atoms with Crippen molar-refractivity contribution in [2.75, 3.05) is 51.8 Å². The number of rotatable bonds is 11. The van der Waals surface area contributed by atoms with Crippen molar-refractivity contribution in [1.29, 1.82) is 0 Å². The minimum atomic E-state index is -0.946. The number of likely N-dealkylation sites (tertiary alicyclic amines) is 1. The molecule has 3 heterocycles. The number of phenols is 1. The molecule has 7 rings (SSSR count). The smallest absolute Gasteiger partial charge is 0.318 e. The summed E-state index contributed by atoms with van der Waals surface area (Å²) < 4.78 is 42.1. The number of amides is 1. The van der Waals surface area contributed by atoms with E-state index in [-0.39, 0.29) is 35.8 Å². The van der Waals surface area contributed by atoms with E-state index in [0.717, 1.165) is 75.1 Å². The van der Waals surface area contributed by atoms with Gasteiger partial charge in [-0.15, -0.1) is 6.42 Å². The molecule has 1 saturated carbocycles. The van der Waals surface area contributed by atoms with Gasteiger partial charge in [0.1, 0.15) is 30.2 Å². The van der Waals surface area contributed by atoms with Gasteiger partial charge in [0.05, 0.1) is 22.3 Å². The van der Waals surface area contributed by atoms with Gasteiger partial charge in [-0.25, -0.2) is 8.78 Å². The van der Waals surface area contributed by atoms with E-state index in [1.807, 2.05) is 7.05 Å². The van der Waals surface area contributed by atoms with Crippen molar-refractivity contribution >= 4 is 22.5 Å². The van der Waals surface area contributed by atoms with Crippen molar-refractivity contribution in [1.82, 2.24) is 19.8 Å². The van der Waals surface area contributed by atoms with E-state index >= 15 is 8.78 Å². The Labute approximate surface area is 311 Å². The zero-order valence-electron chi connectivity index (χ0n) is 30.9. The number of hydrogen-bond donors (Lipinski definition) is 2. The third-order valence-electron chi connectivity index (χ3n) is 12.4. The van der Waals surface area contributed by atoms with Crippen molar-refractivity contribution < 1.29 is 28.2 Å². The average molecular weight is 728 g/mol. The summed E-state index contributed by atoms with van der Waals surface area (Å²) in [5.41, 5.74) is 1.78. The number of benzene rings is 2. The van der Waals surface area contributed by atoms with Crippen LogP contribution < -0.4 is 10.1 Å². The molecule has 1 aromatic heterocycles. The second-order valence-electron chi connectivity index (χ2n) is 15.9. The van der Waals surface area contributed by atoms with Crippen molar-refractivity contribution in [3.63, 3.8) is 0 Å². The quantitative estimate of drug-likeness (QED) is 0.166. The number of anilines is 1. The van der Waals surface area contributed by atoms with Gasteiger partial charge in [-0.3, -0.25) is 9.69 Å². The van der Waals surface area contributed by atoms with Crippen LogP contribution in [0.4, 0.5) is 14.6 Å². The fourth-order valence-corrected chi connectivity index (χ4v) is 9.31. The van der Waals surface area contributed by atoms with Gasteiger partial charge in [-0.1, -0.05) is 31.4 Å². The Morgan fingerprint density at radius 2 is 2.02 bits per heavy atom. The molecule has 0 spiro atoms. The molecule has 282 valence electrons. The molecule has 9 nitrogen and oxygen atoms in total. The zero-order chi connectivity index (χ0) is 37.3. The van der Waals surface area contributed by atoms with Crippen LogP contribution in [0.5, 0.6) is 11.8 Å². The monoisotopic (exact) mass is 727 g/mol. The number of nitrogens with zero attached hydrogens (tertiary/aromatic N) is 4. The van der Waals surface area contributed by atoms with E-state index in [0.29, 0.717) is 61.3 Å². The van der Waals surface area contributed by atoms with E-state index in [1.165, 1.54) is 12.1 Å². The lowest BCUT2D eigenvalue weighted by Crippen LogP contribution is -2.51. The van der Waals surface area contributed by atoms with Crippen molar-refractivity contribution in [2.45, 2.75) is 94.3 Å². The van der Waals surface area contributed by atoms with Crippen LogP contribution in [0.1, 0.15) is 86.6 Å². The van der Waals surface area contributed by atoms with Gasteiger partial charge >= 0.3 is 6.01 Å². The van der Waals surface area contributed by atoms with E-state index in [4.69, 9.17) is 25.9 Å². The number of halogens is 2. The maximum atomic E-state index is 15.0. The van der Waals surface area contributed by atoms with E-state index in [2.05, 4.69) is 29.6 Å². The first kappa shape index (κ1) is 37.1. The van der Waals surface area contributed by atoms with Crippen LogP contribution in [-0.2, 0) is 22.4 Å². The number of carbonyl (C=O) groups is 1. The number of aromatic nitrogens is 2. The molecule has 2 saturated heterocycles. The van der Waals surface area contributed by atoms with Crippen LogP contribution in [0.3, 0.4) is 0 Å². The topological polar surface area (TPSA) is 100 Å². The summed E-state index contributed by atoms with van der Waals surface area (Å²) >= 11 is 0. The molecule has 0 bridgehead atoms. The third-order valence-corrected chi connectivity index (χ3v) is 12.4. The SMILES string of the molecule is C#Cc1c(F)ccc2cc(O)cc([C@H]3CCc4c(nc(OC[C@]5(C)C[C@@H](F)CN5CC5CCOCC5)nc4NCC4(N(C)C(=O)C=C)CCCC4)C3)c12. The molecule has 0 radical (unpaired) electrons. The van der Waals surface area contributed by atoms with Gasteiger partial charge in [-0.05, 0) is 98.9 Å². The molecule has 11 heteroatoms. The molecule has 2 aliphatic heterocycles. The molecular formula is C42H51F2N5O4. The highest BCUT2D eigenvalue weighted by Gasteiger charge is 2.44. The van der Waals surface area contributed by atoms with Gasteiger partial charge in [0.15, 0.2) is 0 Å². The normalized spacial score (nSPS) is 24.4. The largest absolute Gasteiger partial charge is 0.508 e. The predicted molar refractivity (Wildman–Crippen MR) is 201 cm³/mol. The zero-order valence-corrected chi connectivity index (χ0v) is 30.9. The Morgan fingerprint density at radius 1 is 1.25 bits per heavy atom. The fourth-order valence-electron chi connectivity index (χ4n) is 9.31. The second kappa shape index (κ2) is 15.2. The van der Waals surface area contributed by atoms with Crippen LogP contribution in [0, 0.1) is 24.1 Å². The molecule has 2 aromatic carbocycles. The highest BCUT2D eigenvalue weighted by molar-refractivity contribution is 5.93. The molecule has 4 aliphatic rings. The lowest BCUT2D eigenvalue weighted by Gasteiger charge is -2.39. The molecule has 3 atom stereocenters. The molecule has 2 aliphatic carbocycles. The van der Waals surface area contributed by atoms with Gasteiger partial charge in [0.2, 0.25) is 5.91 Å². The number of aromatic hydroxyl groups is 1. The predicted octanol–water partition coefficient (Wildman–Crippen LogP) is 6.71. The van der Waals surface area contributed by atoms with E-state index in [9.17, 15) is 9.90 Å². The van der Waals surface area contributed by atoms with Crippen molar-refractivity contribution in [3.8, 4) is 24.1 Å². The summed E-state index contributed by atoms with van der Waals surface area (Å²) in [5, 5.41) is 15.7. The summed E-state index contributed by atoms with van der Waals surface area (Å²) in [5.74, 6) is 3.02. The first-order chi connectivity index (χ1) is 25.5. The Bertz CT molecular complexity index is 1900. The number of ether oxygens (including phenoxy) is 2. The molecule has 3 aromatic rings. The first-order valence-electron chi connectivity index (χ1n) is 19.1. The number of alkyl halides is 1. The van der Waals surface area contributed by atoms with E-state index < -0.39 is 23.1 Å². The lowest BCUT2D eigenvalue weighted by molar-refractivity contribution is -0.129. The summed E-state index contributed by atoms with van der Waals surface area (Å²) in [6.07, 6.45) is 14.1. The highest BCUT2D eigenvalue weighted by Crippen LogP contribution is 2.42. The third kappa shape index (κ3) is 7.45. The number of terminal acetylenes is 1. The maximum absolute atomic E-state index is 15.0. The molecular weight excluding hydrogens is 676 g/mol.